The van der Waals surface area contributed by atoms with Crippen LogP contribution in [0.3, 0.4) is 0 Å². The van der Waals surface area contributed by atoms with Gasteiger partial charge in [0, 0.05) is 6.42 Å². The van der Waals surface area contributed by atoms with E-state index in [1.54, 1.807) is 6.08 Å². The van der Waals surface area contributed by atoms with E-state index in [1.165, 1.54) is 135 Å². The molecule has 0 spiro atoms. The molecule has 0 aromatic carbocycles. The van der Waals surface area contributed by atoms with E-state index in [-0.39, 0.29) is 13.0 Å². The number of nitrogens with one attached hydrogen (secondary N) is 1. The predicted molar refractivity (Wildman–Crippen MR) is 301 cm³/mol. The van der Waals surface area contributed by atoms with E-state index >= 15 is 0 Å². The SMILES string of the molecule is CC/C=C/C=C/C=C/CCCCCCCCCC(=O)OC1C(OCC(NC(=O)C(O)CCCCCCCCCCCCCCCCCCCC)C(O)/C=C/CCCCCCCCCCC)OC(CO)C(O)C1O. The van der Waals surface area contributed by atoms with E-state index in [2.05, 4.69) is 56.5 Å². The van der Waals surface area contributed by atoms with Crippen molar-refractivity contribution < 1.29 is 49.3 Å². The minimum absolute atomic E-state index is 0.111. The Morgan fingerprint density at radius 1 is 0.548 bits per heavy atom. The molecule has 8 atom stereocenters. The molecule has 0 saturated carbocycles. The zero-order valence-corrected chi connectivity index (χ0v) is 47.0. The first-order chi connectivity index (χ1) is 35.7. The van der Waals surface area contributed by atoms with Crippen LogP contribution in [0.1, 0.15) is 271 Å². The lowest BCUT2D eigenvalue weighted by Crippen LogP contribution is -2.61. The number of hydrogen-bond acceptors (Lipinski definition) is 10. The van der Waals surface area contributed by atoms with Gasteiger partial charge in [-0.25, -0.2) is 0 Å². The number of aliphatic hydroxyl groups excluding tert-OH is 5. The molecule has 73 heavy (non-hydrogen) atoms. The minimum atomic E-state index is -1.62. The van der Waals surface area contributed by atoms with Gasteiger partial charge >= 0.3 is 5.97 Å². The van der Waals surface area contributed by atoms with E-state index in [1.807, 2.05) is 12.2 Å². The first-order valence-electron chi connectivity index (χ1n) is 30.4. The summed E-state index contributed by atoms with van der Waals surface area (Å²) in [5.74, 6) is -1.20. The maximum Gasteiger partial charge on any atom is 0.306 e. The summed E-state index contributed by atoms with van der Waals surface area (Å²) in [6, 6.07) is -1.02. The summed E-state index contributed by atoms with van der Waals surface area (Å²) >= 11 is 0. The number of allylic oxidation sites excluding steroid dienone is 7. The quantitative estimate of drug-likeness (QED) is 0.0149. The third-order valence-corrected chi connectivity index (χ3v) is 14.3. The highest BCUT2D eigenvalue weighted by atomic mass is 16.7. The van der Waals surface area contributed by atoms with Crippen molar-refractivity contribution in [2.45, 2.75) is 320 Å². The van der Waals surface area contributed by atoms with E-state index in [0.29, 0.717) is 19.3 Å². The Labute approximate surface area is 446 Å². The molecular formula is C62H113NO10. The molecule has 1 aliphatic heterocycles. The second-order valence-electron chi connectivity index (χ2n) is 21.1. The summed E-state index contributed by atoms with van der Waals surface area (Å²) in [5.41, 5.74) is 0. The van der Waals surface area contributed by atoms with Crippen molar-refractivity contribution in [3.63, 3.8) is 0 Å². The average molecular weight is 1030 g/mol. The molecule has 6 N–H and O–H groups in total. The van der Waals surface area contributed by atoms with Crippen LogP contribution in [0.15, 0.2) is 48.6 Å². The Balaban J connectivity index is 2.67. The van der Waals surface area contributed by atoms with E-state index in [4.69, 9.17) is 14.2 Å². The lowest BCUT2D eigenvalue weighted by Gasteiger charge is -2.41. The average Bonchev–Trinajstić information content (AvgIpc) is 3.39. The zero-order chi connectivity index (χ0) is 53.3. The van der Waals surface area contributed by atoms with Crippen LogP contribution in [0.5, 0.6) is 0 Å². The van der Waals surface area contributed by atoms with Crippen LogP contribution in [0, 0.1) is 0 Å². The molecule has 1 amide bonds. The van der Waals surface area contributed by atoms with Gasteiger partial charge in [0.25, 0.3) is 0 Å². The highest BCUT2D eigenvalue weighted by Gasteiger charge is 2.47. The second-order valence-corrected chi connectivity index (χ2v) is 21.1. The van der Waals surface area contributed by atoms with Crippen molar-refractivity contribution in [1.29, 1.82) is 0 Å². The number of ether oxygens (including phenoxy) is 3. The van der Waals surface area contributed by atoms with Gasteiger partial charge in [-0.1, -0.05) is 268 Å². The number of rotatable bonds is 51. The molecule has 1 saturated heterocycles. The minimum Gasteiger partial charge on any atom is -0.454 e. The number of carbonyl (C=O) groups excluding carboxylic acids is 2. The number of hydrogen-bond donors (Lipinski definition) is 6. The van der Waals surface area contributed by atoms with E-state index in [9.17, 15) is 35.1 Å². The molecule has 0 aliphatic carbocycles. The van der Waals surface area contributed by atoms with Gasteiger partial charge in [-0.2, -0.15) is 0 Å². The van der Waals surface area contributed by atoms with Crippen LogP contribution in [-0.2, 0) is 23.8 Å². The molecule has 0 aromatic rings. The summed E-state index contributed by atoms with van der Waals surface area (Å²) in [4.78, 5) is 26.5. The molecule has 1 heterocycles. The molecule has 426 valence electrons. The summed E-state index contributed by atoms with van der Waals surface area (Å²) in [6.07, 6.45) is 50.1. The van der Waals surface area contributed by atoms with Gasteiger partial charge in [-0.3, -0.25) is 9.59 Å². The molecule has 1 rings (SSSR count). The van der Waals surface area contributed by atoms with Crippen molar-refractivity contribution in [3.8, 4) is 0 Å². The fourth-order valence-corrected chi connectivity index (χ4v) is 9.48. The normalized spacial score (nSPS) is 19.7. The molecule has 8 unspecified atom stereocenters. The van der Waals surface area contributed by atoms with Gasteiger partial charge in [-0.05, 0) is 44.9 Å². The Morgan fingerprint density at radius 3 is 1.47 bits per heavy atom. The third-order valence-electron chi connectivity index (χ3n) is 14.3. The molecule has 0 aromatic heterocycles. The highest BCUT2D eigenvalue weighted by Crippen LogP contribution is 2.26. The van der Waals surface area contributed by atoms with E-state index < -0.39 is 67.4 Å². The Hall–Kier alpha value is -2.38. The molecule has 1 fully saturated rings. The van der Waals surface area contributed by atoms with Crippen LogP contribution in [0.25, 0.3) is 0 Å². The molecule has 0 radical (unpaired) electrons. The standard InChI is InChI=1S/C62H113NO10/c1-4-7-10-13-16-19-22-24-26-27-28-30-31-34-37-40-43-46-49-55(66)61(70)63-53(54(65)48-45-42-39-36-33-21-18-15-12-9-6-3)52-71-62-60(59(69)58(68)56(51-64)72-62)73-57(67)50-47-44-41-38-35-32-29-25-23-20-17-14-11-8-5-2/h8,11,14,17,20,23,45,48,53-56,58-60,62,64-66,68-69H,4-7,9-10,12-13,15-16,18-19,21-22,24-44,46-47,49-52H2,1-3H3,(H,63,70)/b11-8+,17-14+,23-20+,48-45+. The number of carbonyl (C=O) groups is 2. The number of aliphatic hydroxyl groups is 5. The van der Waals surface area contributed by atoms with Crippen molar-refractivity contribution in [1.82, 2.24) is 5.32 Å². The summed E-state index contributed by atoms with van der Waals surface area (Å²) in [5, 5.41) is 56.9. The Bertz CT molecular complexity index is 1370. The zero-order valence-electron chi connectivity index (χ0n) is 47.0. The lowest BCUT2D eigenvalue weighted by atomic mass is 9.99. The van der Waals surface area contributed by atoms with Crippen LogP contribution in [0.2, 0.25) is 0 Å². The highest BCUT2D eigenvalue weighted by molar-refractivity contribution is 5.80. The van der Waals surface area contributed by atoms with Gasteiger partial charge in [-0.15, -0.1) is 0 Å². The van der Waals surface area contributed by atoms with Crippen molar-refractivity contribution >= 4 is 11.9 Å². The first-order valence-corrected chi connectivity index (χ1v) is 30.4. The van der Waals surface area contributed by atoms with Crippen molar-refractivity contribution in [2.24, 2.45) is 0 Å². The van der Waals surface area contributed by atoms with Gasteiger partial charge in [0.05, 0.1) is 25.4 Å². The second kappa shape index (κ2) is 50.4. The summed E-state index contributed by atoms with van der Waals surface area (Å²) in [7, 11) is 0. The predicted octanol–water partition coefficient (Wildman–Crippen LogP) is 14.1. The number of esters is 1. The number of amides is 1. The maximum atomic E-state index is 13.4. The molecule has 11 heteroatoms. The maximum absolute atomic E-state index is 13.4. The van der Waals surface area contributed by atoms with E-state index in [0.717, 1.165) is 89.9 Å². The third kappa shape index (κ3) is 38.8. The molecule has 1 aliphatic rings. The monoisotopic (exact) mass is 1030 g/mol. The van der Waals surface area contributed by atoms with Crippen LogP contribution in [0.4, 0.5) is 0 Å². The van der Waals surface area contributed by atoms with Gasteiger partial charge in [0.1, 0.15) is 24.4 Å². The lowest BCUT2D eigenvalue weighted by molar-refractivity contribution is -0.305. The smallest absolute Gasteiger partial charge is 0.306 e. The Morgan fingerprint density at radius 2 is 0.986 bits per heavy atom. The van der Waals surface area contributed by atoms with Crippen LogP contribution in [-0.4, -0.2) is 99.6 Å². The Kier molecular flexibility index (Phi) is 47.4. The largest absolute Gasteiger partial charge is 0.454 e. The fourth-order valence-electron chi connectivity index (χ4n) is 9.48. The van der Waals surface area contributed by atoms with Gasteiger partial charge < -0.3 is 45.1 Å². The van der Waals surface area contributed by atoms with Crippen molar-refractivity contribution in [2.75, 3.05) is 13.2 Å². The molecular weight excluding hydrogens is 919 g/mol. The molecule has 0 bridgehead atoms. The topological polar surface area (TPSA) is 175 Å². The van der Waals surface area contributed by atoms with Gasteiger partial charge in [0.15, 0.2) is 12.4 Å². The van der Waals surface area contributed by atoms with Crippen LogP contribution >= 0.6 is 0 Å². The van der Waals surface area contributed by atoms with Crippen LogP contribution < -0.4 is 5.32 Å². The summed E-state index contributed by atoms with van der Waals surface area (Å²) in [6.45, 7) is 5.66. The van der Waals surface area contributed by atoms with Gasteiger partial charge in [0.2, 0.25) is 5.91 Å². The summed E-state index contributed by atoms with van der Waals surface area (Å²) < 4.78 is 17.6. The number of unbranched alkanes of at least 4 members (excludes halogenated alkanes) is 33. The first kappa shape index (κ1) is 68.6. The fraction of sp³-hybridized carbons (Fsp3) is 0.839. The van der Waals surface area contributed by atoms with Crippen molar-refractivity contribution in [3.05, 3.63) is 48.6 Å². The molecule has 11 nitrogen and oxygen atoms in total.